The van der Waals surface area contributed by atoms with Crippen LogP contribution in [0.2, 0.25) is 0 Å². The lowest BCUT2D eigenvalue weighted by molar-refractivity contribution is -0.527. The second-order valence-corrected chi connectivity index (χ2v) is 9.47. The molecule has 0 saturated heterocycles. The molecule has 1 N–H and O–H groups in total. The quantitative estimate of drug-likeness (QED) is 0.269. The predicted molar refractivity (Wildman–Crippen MR) is 133 cm³/mol. The molecule has 0 fully saturated rings. The zero-order valence-corrected chi connectivity index (χ0v) is 21.5. The Kier molecular flexibility index (Phi) is 7.02. The molecule has 3 aromatic rings. The van der Waals surface area contributed by atoms with Gasteiger partial charge in [0, 0.05) is 43.2 Å². The van der Waals surface area contributed by atoms with Crippen molar-refractivity contribution in [3.8, 4) is 16.9 Å². The Morgan fingerprint density at radius 1 is 1.12 bits per heavy atom. The highest BCUT2D eigenvalue weighted by molar-refractivity contribution is 5.99. The number of carbonyl (C=O) groups excluding carboxylic acids is 1. The summed E-state index contributed by atoms with van der Waals surface area (Å²) in [6.45, 7) is -2.55. The lowest BCUT2D eigenvalue weighted by atomic mass is 9.88. The van der Waals surface area contributed by atoms with Gasteiger partial charge in [0.15, 0.2) is 5.69 Å². The average molecular weight is 563 g/mol. The lowest BCUT2D eigenvalue weighted by Gasteiger charge is -2.30. The van der Waals surface area contributed by atoms with Crippen molar-refractivity contribution in [1.29, 1.82) is 5.41 Å². The molecule has 1 aromatic carbocycles. The third-order valence-electron chi connectivity index (χ3n) is 6.85. The van der Waals surface area contributed by atoms with Gasteiger partial charge in [-0.25, -0.2) is 0 Å². The van der Waals surface area contributed by atoms with E-state index >= 15 is 0 Å². The summed E-state index contributed by atoms with van der Waals surface area (Å²) in [6.07, 6.45) is -0.490. The molecule has 4 heterocycles. The van der Waals surface area contributed by atoms with Gasteiger partial charge in [-0.2, -0.15) is 31.6 Å². The van der Waals surface area contributed by atoms with Gasteiger partial charge in [0.2, 0.25) is 0 Å². The average Bonchev–Trinajstić information content (AvgIpc) is 3.48. The van der Waals surface area contributed by atoms with Crippen molar-refractivity contribution in [1.82, 2.24) is 24.6 Å². The van der Waals surface area contributed by atoms with Crippen LogP contribution in [0.5, 0.6) is 5.75 Å². The molecule has 2 aliphatic rings. The number of ether oxygens (including phenoxy) is 1. The van der Waals surface area contributed by atoms with Crippen molar-refractivity contribution in [3.63, 3.8) is 0 Å². The summed E-state index contributed by atoms with van der Waals surface area (Å²) in [5, 5.41) is 11.7. The summed E-state index contributed by atoms with van der Waals surface area (Å²) in [5.74, 6) is -0.272. The van der Waals surface area contributed by atoms with Gasteiger partial charge in [0.25, 0.3) is 5.91 Å². The Labute approximate surface area is 225 Å². The molecule has 0 bridgehead atoms. The van der Waals surface area contributed by atoms with E-state index in [1.54, 1.807) is 29.3 Å². The molecule has 0 saturated carbocycles. The number of pyridine rings is 1. The Balaban J connectivity index is 1.56. The Morgan fingerprint density at radius 3 is 2.55 bits per heavy atom. The normalized spacial score (nSPS) is 15.7. The number of fused-ring (bicyclic) bond motifs is 1. The summed E-state index contributed by atoms with van der Waals surface area (Å²) in [6, 6.07) is 6.45. The number of amides is 1. The number of benzene rings is 1. The van der Waals surface area contributed by atoms with Crippen molar-refractivity contribution in [2.75, 3.05) is 20.2 Å². The van der Waals surface area contributed by atoms with Crippen LogP contribution in [0.15, 0.2) is 36.7 Å². The number of methoxy groups -OCH3 is 1. The SMILES string of the molecule is COc1ccnc(CN2CCc3c(cc(CN4CC=[N+](C(F)F)C4=N)cc3-c3cn(C)nc3C(F)(F)F)C2=O)c1. The van der Waals surface area contributed by atoms with E-state index in [9.17, 15) is 26.7 Å². The number of halogens is 5. The standard InChI is InChI=1S/C26H25F5N7O2/c1-35-14-21(22(34-35)26(29,30)31)19-9-15(12-37-7-8-38(24(27)28)25(37)32)10-20-18(19)4-6-36(23(20)39)13-16-11-17(40-2)3-5-33-16/h3,5,8-11,14,24,32H,4,6-7,12-13H2,1-2H3/q+1. The van der Waals surface area contributed by atoms with Crippen LogP contribution < -0.4 is 4.74 Å². The fraction of sp³-hybridized carbons (Fsp3) is 0.346. The van der Waals surface area contributed by atoms with Gasteiger partial charge < -0.3 is 9.64 Å². The summed E-state index contributed by atoms with van der Waals surface area (Å²) >= 11 is 0. The van der Waals surface area contributed by atoms with Gasteiger partial charge in [0.1, 0.15) is 12.3 Å². The summed E-state index contributed by atoms with van der Waals surface area (Å²) < 4.78 is 75.1. The fourth-order valence-electron chi connectivity index (χ4n) is 5.01. The van der Waals surface area contributed by atoms with Gasteiger partial charge >= 0.3 is 18.7 Å². The Morgan fingerprint density at radius 2 is 1.88 bits per heavy atom. The number of hydrogen-bond acceptors (Lipinski definition) is 5. The van der Waals surface area contributed by atoms with E-state index in [0.717, 1.165) is 4.68 Å². The summed E-state index contributed by atoms with van der Waals surface area (Å²) in [5.41, 5.74) is 0.554. The number of rotatable bonds is 7. The third kappa shape index (κ3) is 5.12. The Bertz CT molecular complexity index is 1520. The molecule has 1 amide bonds. The van der Waals surface area contributed by atoms with Gasteiger partial charge in [-0.05, 0) is 41.3 Å². The van der Waals surface area contributed by atoms with Crippen molar-refractivity contribution >= 4 is 18.1 Å². The van der Waals surface area contributed by atoms with Crippen molar-refractivity contribution in [2.45, 2.75) is 32.2 Å². The lowest BCUT2D eigenvalue weighted by Crippen LogP contribution is -2.38. The van der Waals surface area contributed by atoms with Crippen molar-refractivity contribution < 1.29 is 36.1 Å². The number of aryl methyl sites for hydroxylation is 1. The largest absolute Gasteiger partial charge is 0.497 e. The molecular weight excluding hydrogens is 537 g/mol. The van der Waals surface area contributed by atoms with Crippen LogP contribution >= 0.6 is 0 Å². The molecule has 14 heteroatoms. The highest BCUT2D eigenvalue weighted by Crippen LogP contribution is 2.40. The molecule has 0 unspecified atom stereocenters. The number of guanidine groups is 1. The maximum absolute atomic E-state index is 13.9. The van der Waals surface area contributed by atoms with E-state index < -0.39 is 30.3 Å². The second-order valence-electron chi connectivity index (χ2n) is 9.47. The first-order valence-electron chi connectivity index (χ1n) is 12.2. The summed E-state index contributed by atoms with van der Waals surface area (Å²) in [7, 11) is 2.89. The van der Waals surface area contributed by atoms with E-state index in [4.69, 9.17) is 10.1 Å². The van der Waals surface area contributed by atoms with Crippen LogP contribution in [0.4, 0.5) is 22.0 Å². The molecule has 0 spiro atoms. The van der Waals surface area contributed by atoms with E-state index in [0.29, 0.717) is 27.1 Å². The van der Waals surface area contributed by atoms with E-state index in [1.807, 2.05) is 0 Å². The molecule has 0 atom stereocenters. The monoisotopic (exact) mass is 562 g/mol. The molecule has 0 radical (unpaired) electrons. The van der Waals surface area contributed by atoms with Gasteiger partial charge in [-0.15, -0.1) is 5.41 Å². The molecule has 9 nitrogen and oxygen atoms in total. The van der Waals surface area contributed by atoms with Crippen LogP contribution in [-0.4, -0.2) is 74.0 Å². The minimum Gasteiger partial charge on any atom is -0.497 e. The first-order valence-corrected chi connectivity index (χ1v) is 12.2. The van der Waals surface area contributed by atoms with Crippen LogP contribution in [-0.2, 0) is 32.7 Å². The van der Waals surface area contributed by atoms with Crippen molar-refractivity contribution in [2.24, 2.45) is 7.05 Å². The number of nitrogens with one attached hydrogen (secondary N) is 1. The van der Waals surface area contributed by atoms with Gasteiger partial charge in [-0.3, -0.25) is 19.4 Å². The topological polar surface area (TPSA) is 90.3 Å². The number of nitrogens with zero attached hydrogens (tertiary/aromatic N) is 6. The maximum Gasteiger partial charge on any atom is 0.435 e. The molecule has 0 aliphatic carbocycles. The van der Waals surface area contributed by atoms with E-state index in [2.05, 4.69) is 10.1 Å². The number of hydrogen-bond donors (Lipinski definition) is 1. The third-order valence-corrected chi connectivity index (χ3v) is 6.85. The van der Waals surface area contributed by atoms with Gasteiger partial charge in [-0.1, -0.05) is 0 Å². The molecule has 2 aliphatic heterocycles. The predicted octanol–water partition coefficient (Wildman–Crippen LogP) is 3.76. The van der Waals surface area contributed by atoms with E-state index in [1.165, 1.54) is 37.5 Å². The minimum absolute atomic E-state index is 0.0118. The molecule has 5 rings (SSSR count). The van der Waals surface area contributed by atoms with Crippen LogP contribution in [0, 0.1) is 5.41 Å². The van der Waals surface area contributed by atoms with E-state index in [-0.39, 0.29) is 49.3 Å². The smallest absolute Gasteiger partial charge is 0.435 e. The van der Waals surface area contributed by atoms with Gasteiger partial charge in [0.05, 0.1) is 32.1 Å². The molecule has 40 heavy (non-hydrogen) atoms. The summed E-state index contributed by atoms with van der Waals surface area (Å²) in [4.78, 5) is 20.9. The zero-order valence-electron chi connectivity index (χ0n) is 21.5. The highest BCUT2D eigenvalue weighted by atomic mass is 19.4. The zero-order chi connectivity index (χ0) is 28.8. The minimum atomic E-state index is -4.74. The van der Waals surface area contributed by atoms with Crippen LogP contribution in [0.1, 0.15) is 32.9 Å². The first-order chi connectivity index (χ1) is 19.0. The van der Waals surface area contributed by atoms with Crippen molar-refractivity contribution in [3.05, 3.63) is 64.7 Å². The maximum atomic E-state index is 13.9. The first kappa shape index (κ1) is 27.2. The molecule has 2 aromatic heterocycles. The number of carbonyl (C=O) groups is 1. The van der Waals surface area contributed by atoms with Crippen LogP contribution in [0.3, 0.4) is 0 Å². The number of alkyl halides is 5. The Hall–Kier alpha value is -4.36. The second kappa shape index (κ2) is 10.3. The highest BCUT2D eigenvalue weighted by Gasteiger charge is 2.39. The number of aromatic nitrogens is 3. The molecule has 210 valence electrons. The molecular formula is C26H25F5N7O2+. The van der Waals surface area contributed by atoms with Crippen LogP contribution in [0.25, 0.3) is 11.1 Å². The fourth-order valence-corrected chi connectivity index (χ4v) is 5.01.